The minimum absolute atomic E-state index is 0.0173. The molecule has 3 amide bonds. The molecule has 0 heterocycles. The van der Waals surface area contributed by atoms with Gasteiger partial charge in [0.15, 0.2) is 5.96 Å². The van der Waals surface area contributed by atoms with Crippen LogP contribution < -0.4 is 27.8 Å². The number of urea groups is 1. The van der Waals surface area contributed by atoms with Crippen LogP contribution >= 0.6 is 0 Å². The number of esters is 1. The van der Waals surface area contributed by atoms with Crippen LogP contribution in [0.4, 0.5) is 18.0 Å². The van der Waals surface area contributed by atoms with Gasteiger partial charge in [0.25, 0.3) is 0 Å². The molecule has 1 atom stereocenters. The Morgan fingerprint density at radius 2 is 1.33 bits per heavy atom. The largest absolute Gasteiger partial charge is 0.490 e. The molecule has 46 heavy (non-hydrogen) atoms. The maximum absolute atomic E-state index is 13.6. The van der Waals surface area contributed by atoms with E-state index in [2.05, 4.69) is 15.6 Å². The Balaban J connectivity index is 0.000000942. The van der Waals surface area contributed by atoms with E-state index in [1.807, 2.05) is 60.7 Å². The molecule has 0 fully saturated rings. The number of nitrogens with one attached hydrogen (secondary N) is 2. The molecule has 12 nitrogen and oxygen atoms in total. The fraction of sp³-hybridized carbons (Fsp3) is 0.258. The summed E-state index contributed by atoms with van der Waals surface area (Å²) in [4.78, 5) is 50.5. The number of ether oxygens (including phenoxy) is 1. The Bertz CT molecular complexity index is 1410. The quantitative estimate of drug-likeness (QED) is 0.0703. The number of carbonyl (C=O) groups excluding carboxylic acids is 3. The van der Waals surface area contributed by atoms with E-state index in [9.17, 15) is 27.6 Å². The van der Waals surface area contributed by atoms with Crippen LogP contribution in [0.1, 0.15) is 41.0 Å². The number of guanidine groups is 1. The van der Waals surface area contributed by atoms with E-state index in [4.69, 9.17) is 31.8 Å². The number of amides is 3. The smallest absolute Gasteiger partial charge is 0.475 e. The summed E-state index contributed by atoms with van der Waals surface area (Å²) in [5.74, 6) is -4.29. The van der Waals surface area contributed by atoms with Crippen molar-refractivity contribution >= 4 is 29.8 Å². The lowest BCUT2D eigenvalue weighted by Crippen LogP contribution is -2.44. The van der Waals surface area contributed by atoms with E-state index in [-0.39, 0.29) is 24.9 Å². The minimum atomic E-state index is -5.08. The average molecular weight is 645 g/mol. The van der Waals surface area contributed by atoms with E-state index in [1.165, 1.54) is 0 Å². The number of aliphatic imine (C=N–C) groups is 1. The molecule has 0 bridgehead atoms. The van der Waals surface area contributed by atoms with Crippen molar-refractivity contribution in [3.63, 3.8) is 0 Å². The van der Waals surface area contributed by atoms with Crippen LogP contribution in [0.25, 0.3) is 0 Å². The molecule has 3 aromatic rings. The number of carboxylic acid groups (broad SMARTS) is 1. The van der Waals surface area contributed by atoms with Gasteiger partial charge in [-0.15, -0.1) is 0 Å². The number of alkyl halides is 3. The normalized spacial score (nSPS) is 11.3. The lowest BCUT2D eigenvalue weighted by atomic mass is 9.90. The van der Waals surface area contributed by atoms with E-state index >= 15 is 0 Å². The highest BCUT2D eigenvalue weighted by atomic mass is 19.4. The molecule has 15 heteroatoms. The zero-order valence-electron chi connectivity index (χ0n) is 24.6. The Kier molecular flexibility index (Phi) is 14.5. The lowest BCUT2D eigenvalue weighted by molar-refractivity contribution is -0.192. The third-order valence-corrected chi connectivity index (χ3v) is 6.19. The monoisotopic (exact) mass is 644 g/mol. The van der Waals surface area contributed by atoms with Crippen molar-refractivity contribution in [3.8, 4) is 0 Å². The van der Waals surface area contributed by atoms with Crippen molar-refractivity contribution < 1.29 is 42.2 Å². The second-order valence-electron chi connectivity index (χ2n) is 9.71. The van der Waals surface area contributed by atoms with Gasteiger partial charge in [-0.1, -0.05) is 84.9 Å². The molecule has 0 aromatic heterocycles. The van der Waals surface area contributed by atoms with E-state index < -0.39 is 36.1 Å². The van der Waals surface area contributed by atoms with Crippen molar-refractivity contribution in [2.45, 2.75) is 44.1 Å². The van der Waals surface area contributed by atoms with E-state index in [1.54, 1.807) is 24.3 Å². The standard InChI is InChI=1S/C29H34N6O4.C2HF3O2/c30-28(31)33-17-7-12-24(27(37)39-19-21-15-13-20(14-16-21)18-34-29(32)38)35-26(36)25(22-8-3-1-4-9-22)23-10-5-2-6-11-23;3-2(4,5)1(6)7/h1-6,8-11,13-16,24-25H,7,12,17-19H2,(H,35,36)(H4,30,31,33)(H3,32,34,38);(H,6,7)/t24-;/m1./s1. The topological polar surface area (TPSA) is 212 Å². The summed E-state index contributed by atoms with van der Waals surface area (Å²) in [5, 5.41) is 12.5. The maximum atomic E-state index is 13.6. The molecule has 9 N–H and O–H groups in total. The fourth-order valence-corrected chi connectivity index (χ4v) is 3.99. The summed E-state index contributed by atoms with van der Waals surface area (Å²) in [7, 11) is 0. The van der Waals surface area contributed by atoms with Gasteiger partial charge in [-0.3, -0.25) is 9.79 Å². The molecule has 3 rings (SSSR count). The number of hydrogen-bond donors (Lipinski definition) is 6. The first-order chi connectivity index (χ1) is 21.8. The number of nitrogens with two attached hydrogens (primary N) is 3. The summed E-state index contributed by atoms with van der Waals surface area (Å²) >= 11 is 0. The fourth-order valence-electron chi connectivity index (χ4n) is 3.99. The van der Waals surface area contributed by atoms with Crippen molar-refractivity contribution in [1.29, 1.82) is 0 Å². The van der Waals surface area contributed by atoms with Gasteiger partial charge in [0, 0.05) is 13.1 Å². The Morgan fingerprint density at radius 1 is 0.826 bits per heavy atom. The Labute approximate surface area is 262 Å². The first kappa shape index (κ1) is 36.6. The maximum Gasteiger partial charge on any atom is 0.490 e. The van der Waals surface area contributed by atoms with Gasteiger partial charge in [-0.05, 0) is 35.1 Å². The molecular formula is C31H35F3N6O6. The number of halogens is 3. The van der Waals surface area contributed by atoms with Gasteiger partial charge < -0.3 is 37.7 Å². The number of benzene rings is 3. The average Bonchev–Trinajstić information content (AvgIpc) is 3.01. The lowest BCUT2D eigenvalue weighted by Gasteiger charge is -2.22. The van der Waals surface area contributed by atoms with E-state index in [0.29, 0.717) is 19.5 Å². The molecule has 0 radical (unpaired) electrons. The Morgan fingerprint density at radius 3 is 1.78 bits per heavy atom. The predicted molar refractivity (Wildman–Crippen MR) is 163 cm³/mol. The zero-order valence-corrected chi connectivity index (χ0v) is 24.6. The molecular weight excluding hydrogens is 609 g/mol. The number of rotatable bonds is 13. The van der Waals surface area contributed by atoms with Crippen LogP contribution in [0.5, 0.6) is 0 Å². The van der Waals surface area contributed by atoms with Gasteiger partial charge in [-0.2, -0.15) is 13.2 Å². The molecule has 0 spiro atoms. The van der Waals surface area contributed by atoms with Crippen molar-refractivity contribution in [3.05, 3.63) is 107 Å². The van der Waals surface area contributed by atoms with Gasteiger partial charge in [0.2, 0.25) is 5.91 Å². The third-order valence-electron chi connectivity index (χ3n) is 6.19. The predicted octanol–water partition coefficient (Wildman–Crippen LogP) is 2.90. The van der Waals surface area contributed by atoms with Crippen LogP contribution in [0.3, 0.4) is 0 Å². The van der Waals surface area contributed by atoms with Crippen LogP contribution in [-0.2, 0) is 32.3 Å². The van der Waals surface area contributed by atoms with Crippen molar-refractivity contribution in [1.82, 2.24) is 10.6 Å². The van der Waals surface area contributed by atoms with Crippen LogP contribution in [0.15, 0.2) is 89.9 Å². The highest BCUT2D eigenvalue weighted by Gasteiger charge is 2.38. The second kappa shape index (κ2) is 18.3. The van der Waals surface area contributed by atoms with E-state index in [0.717, 1.165) is 22.3 Å². The van der Waals surface area contributed by atoms with Gasteiger partial charge in [0.1, 0.15) is 12.6 Å². The van der Waals surface area contributed by atoms with Gasteiger partial charge >= 0.3 is 24.1 Å². The van der Waals surface area contributed by atoms with Crippen LogP contribution in [-0.4, -0.2) is 53.7 Å². The highest BCUT2D eigenvalue weighted by Crippen LogP contribution is 2.25. The molecule has 0 unspecified atom stereocenters. The summed E-state index contributed by atoms with van der Waals surface area (Å²) in [6, 6.07) is 24.4. The number of primary amides is 1. The molecule has 0 aliphatic carbocycles. The van der Waals surface area contributed by atoms with Gasteiger partial charge in [0.05, 0.1) is 5.92 Å². The highest BCUT2D eigenvalue weighted by molar-refractivity contribution is 5.91. The Hall–Kier alpha value is -5.60. The van der Waals surface area contributed by atoms with Crippen LogP contribution in [0, 0.1) is 0 Å². The van der Waals surface area contributed by atoms with Crippen molar-refractivity contribution in [2.24, 2.45) is 22.2 Å². The van der Waals surface area contributed by atoms with Crippen LogP contribution in [0.2, 0.25) is 0 Å². The number of nitrogens with zero attached hydrogens (tertiary/aromatic N) is 1. The second-order valence-corrected chi connectivity index (χ2v) is 9.71. The summed E-state index contributed by atoms with van der Waals surface area (Å²) in [6.45, 7) is 0.621. The first-order valence-corrected chi connectivity index (χ1v) is 13.8. The SMILES string of the molecule is NC(=O)NCc1ccc(COC(=O)[C@@H](CCCN=C(N)N)NC(=O)C(c2ccccc2)c2ccccc2)cc1.O=C(O)C(F)(F)F. The molecule has 0 saturated carbocycles. The van der Waals surface area contributed by atoms with Crippen molar-refractivity contribution in [2.75, 3.05) is 6.54 Å². The summed E-state index contributed by atoms with van der Waals surface area (Å²) in [5.41, 5.74) is 19.1. The minimum Gasteiger partial charge on any atom is -0.475 e. The first-order valence-electron chi connectivity index (χ1n) is 13.8. The number of carboxylic acids is 1. The number of aliphatic carboxylic acids is 1. The molecule has 0 aliphatic rings. The number of carbonyl (C=O) groups is 4. The summed E-state index contributed by atoms with van der Waals surface area (Å²) < 4.78 is 37.3. The number of hydrogen-bond acceptors (Lipinski definition) is 6. The molecule has 3 aromatic carbocycles. The van der Waals surface area contributed by atoms with Gasteiger partial charge in [-0.25, -0.2) is 14.4 Å². The summed E-state index contributed by atoms with van der Waals surface area (Å²) in [6.07, 6.45) is -4.34. The molecule has 246 valence electrons. The third kappa shape index (κ3) is 13.4. The zero-order chi connectivity index (χ0) is 34.1. The molecule has 0 aliphatic heterocycles. The molecule has 0 saturated heterocycles.